The summed E-state index contributed by atoms with van der Waals surface area (Å²) in [5, 5.41) is 5.54. The predicted molar refractivity (Wildman–Crippen MR) is 125 cm³/mol. The van der Waals surface area contributed by atoms with Gasteiger partial charge in [-0.15, -0.1) is 0 Å². The Hall–Kier alpha value is -3.01. The minimum atomic E-state index is -3.51. The maximum atomic E-state index is 12.9. The van der Waals surface area contributed by atoms with Gasteiger partial charge >= 0.3 is 0 Å². The number of sulfonamides is 1. The van der Waals surface area contributed by atoms with Gasteiger partial charge in [0.2, 0.25) is 21.8 Å². The van der Waals surface area contributed by atoms with E-state index < -0.39 is 16.3 Å². The highest BCUT2D eigenvalue weighted by Crippen LogP contribution is 2.34. The zero-order chi connectivity index (χ0) is 23.4. The fourth-order valence-electron chi connectivity index (χ4n) is 4.24. The Morgan fingerprint density at radius 2 is 1.79 bits per heavy atom. The first-order valence-corrected chi connectivity index (χ1v) is 12.4. The highest BCUT2D eigenvalue weighted by atomic mass is 32.2. The van der Waals surface area contributed by atoms with Crippen LogP contribution in [0.3, 0.4) is 0 Å². The first-order chi connectivity index (χ1) is 15.8. The number of fused-ring (bicyclic) bond motifs is 1. The van der Waals surface area contributed by atoms with Crippen LogP contribution < -0.4 is 10.6 Å². The molecule has 2 saturated heterocycles. The number of ether oxygens (including phenoxy) is 1. The van der Waals surface area contributed by atoms with Crippen LogP contribution in [-0.2, 0) is 36.5 Å². The zero-order valence-electron chi connectivity index (χ0n) is 18.1. The predicted octanol–water partition coefficient (Wildman–Crippen LogP) is 2.05. The van der Waals surface area contributed by atoms with E-state index in [2.05, 4.69) is 17.2 Å². The van der Waals surface area contributed by atoms with Gasteiger partial charge in [0, 0.05) is 24.7 Å². The molecule has 2 aromatic rings. The van der Waals surface area contributed by atoms with E-state index >= 15 is 0 Å². The molecule has 2 N–H and O–H groups in total. The normalized spacial score (nSPS) is 22.5. The topological polar surface area (TPSA) is 105 Å². The largest absolute Gasteiger partial charge is 0.354 e. The summed E-state index contributed by atoms with van der Waals surface area (Å²) in [6.07, 6.45) is 1.41. The van der Waals surface area contributed by atoms with Crippen LogP contribution in [0, 0.1) is 5.92 Å². The molecule has 4 rings (SSSR count). The molecule has 0 aliphatic carbocycles. The molecule has 0 aromatic heterocycles. The minimum absolute atomic E-state index is 0.0529. The van der Waals surface area contributed by atoms with Crippen LogP contribution in [0.25, 0.3) is 0 Å². The van der Waals surface area contributed by atoms with Gasteiger partial charge in [-0.2, -0.15) is 4.31 Å². The van der Waals surface area contributed by atoms with Gasteiger partial charge in [-0.1, -0.05) is 49.0 Å². The van der Waals surface area contributed by atoms with Crippen LogP contribution in [0.2, 0.25) is 0 Å². The van der Waals surface area contributed by atoms with Gasteiger partial charge in [0.25, 0.3) is 0 Å². The third kappa shape index (κ3) is 5.87. The van der Waals surface area contributed by atoms with Crippen molar-refractivity contribution in [1.82, 2.24) is 9.62 Å². The van der Waals surface area contributed by atoms with E-state index in [9.17, 15) is 18.0 Å². The average molecular weight is 470 g/mol. The third-order valence-corrected chi connectivity index (χ3v) is 7.66. The van der Waals surface area contributed by atoms with Crippen LogP contribution in [0.15, 0.2) is 67.3 Å². The molecule has 2 heterocycles. The Morgan fingerprint density at radius 3 is 2.45 bits per heavy atom. The number of hydrogen-bond acceptors (Lipinski definition) is 5. The maximum absolute atomic E-state index is 12.9. The molecule has 2 aliphatic rings. The molecular weight excluding hydrogens is 442 g/mol. The fourth-order valence-corrected chi connectivity index (χ4v) is 5.82. The van der Waals surface area contributed by atoms with Gasteiger partial charge < -0.3 is 15.4 Å². The molecule has 0 bridgehead atoms. The molecule has 0 radical (unpaired) electrons. The number of carbonyl (C=O) groups is 2. The van der Waals surface area contributed by atoms with E-state index in [1.54, 1.807) is 24.3 Å². The Labute approximate surface area is 193 Å². The second-order valence-electron chi connectivity index (χ2n) is 8.35. The summed E-state index contributed by atoms with van der Waals surface area (Å²) >= 11 is 0. The summed E-state index contributed by atoms with van der Waals surface area (Å²) in [6.45, 7) is 4.07. The van der Waals surface area contributed by atoms with Gasteiger partial charge in [-0.3, -0.25) is 9.59 Å². The quantitative estimate of drug-likeness (QED) is 0.576. The molecule has 2 fully saturated rings. The number of hydrogen-bond donors (Lipinski definition) is 2. The number of benzene rings is 2. The Balaban J connectivity index is 1.29. The van der Waals surface area contributed by atoms with Crippen LogP contribution >= 0.6 is 0 Å². The van der Waals surface area contributed by atoms with Crippen molar-refractivity contribution in [1.29, 1.82) is 0 Å². The minimum Gasteiger partial charge on any atom is -0.354 e. The average Bonchev–Trinajstić information content (AvgIpc) is 3.35. The van der Waals surface area contributed by atoms with Crippen LogP contribution in [0.1, 0.15) is 17.5 Å². The van der Waals surface area contributed by atoms with Crippen LogP contribution in [0.4, 0.5) is 5.69 Å². The molecule has 3 unspecified atom stereocenters. The first kappa shape index (κ1) is 23.2. The standard InChI is InChI=1S/C24H27N3O5S/c1-2-22(28)26-24-13-19-14-27(15-21(19)32-24)33(30,31)16-18-8-10-20(11-9-18)25-23(29)12-17-6-4-3-5-7-17/h2-11,19,21,24H,1,12-16H2,(H,25,29)(H,26,28). The Bertz CT molecular complexity index is 1100. The second-order valence-corrected chi connectivity index (χ2v) is 10.3. The van der Waals surface area contributed by atoms with Crippen molar-refractivity contribution in [3.63, 3.8) is 0 Å². The summed E-state index contributed by atoms with van der Waals surface area (Å²) in [6, 6.07) is 16.3. The Kier molecular flexibility index (Phi) is 6.92. The van der Waals surface area contributed by atoms with Crippen LogP contribution in [-0.4, -0.2) is 50.0 Å². The van der Waals surface area contributed by atoms with Crippen molar-refractivity contribution in [3.05, 3.63) is 78.4 Å². The monoisotopic (exact) mass is 469 g/mol. The summed E-state index contributed by atoms with van der Waals surface area (Å²) in [5.41, 5.74) is 2.19. The summed E-state index contributed by atoms with van der Waals surface area (Å²) in [5.74, 6) is -0.504. The highest BCUT2D eigenvalue weighted by molar-refractivity contribution is 7.88. The molecule has 8 nitrogen and oxygen atoms in total. The van der Waals surface area contributed by atoms with E-state index in [0.717, 1.165) is 5.56 Å². The molecule has 0 saturated carbocycles. The molecular formula is C24H27N3O5S. The number of amides is 2. The van der Waals surface area contributed by atoms with E-state index in [1.165, 1.54) is 10.4 Å². The van der Waals surface area contributed by atoms with Gasteiger partial charge in [-0.05, 0) is 35.8 Å². The van der Waals surface area contributed by atoms with Crippen molar-refractivity contribution >= 4 is 27.5 Å². The van der Waals surface area contributed by atoms with E-state index in [0.29, 0.717) is 24.2 Å². The van der Waals surface area contributed by atoms with Gasteiger partial charge in [0.15, 0.2) is 0 Å². The molecule has 2 aliphatic heterocycles. The van der Waals surface area contributed by atoms with Gasteiger partial charge in [0.05, 0.1) is 18.3 Å². The smallest absolute Gasteiger partial charge is 0.245 e. The molecule has 3 atom stereocenters. The Morgan fingerprint density at radius 1 is 1.06 bits per heavy atom. The van der Waals surface area contributed by atoms with Crippen molar-refractivity contribution < 1.29 is 22.7 Å². The highest BCUT2D eigenvalue weighted by Gasteiger charge is 2.45. The van der Waals surface area contributed by atoms with E-state index in [1.807, 2.05) is 30.3 Å². The van der Waals surface area contributed by atoms with E-state index in [-0.39, 0.29) is 42.6 Å². The molecule has 9 heteroatoms. The molecule has 174 valence electrons. The number of rotatable bonds is 8. The molecule has 2 aromatic carbocycles. The maximum Gasteiger partial charge on any atom is 0.245 e. The summed E-state index contributed by atoms with van der Waals surface area (Å²) in [4.78, 5) is 23.7. The third-order valence-electron chi connectivity index (χ3n) is 5.88. The second kappa shape index (κ2) is 9.86. The van der Waals surface area contributed by atoms with Gasteiger partial charge in [-0.25, -0.2) is 8.42 Å². The fraction of sp³-hybridized carbons (Fsp3) is 0.333. The lowest BCUT2D eigenvalue weighted by atomic mass is 10.1. The lowest BCUT2D eigenvalue weighted by Gasteiger charge is -2.19. The molecule has 0 spiro atoms. The van der Waals surface area contributed by atoms with Crippen molar-refractivity contribution in [2.24, 2.45) is 5.92 Å². The lowest BCUT2D eigenvalue weighted by molar-refractivity contribution is -0.120. The number of carbonyl (C=O) groups excluding carboxylic acids is 2. The number of nitrogens with zero attached hydrogens (tertiary/aromatic N) is 1. The summed E-state index contributed by atoms with van der Waals surface area (Å²) < 4.78 is 33.1. The lowest BCUT2D eigenvalue weighted by Crippen LogP contribution is -2.37. The number of nitrogens with one attached hydrogen (secondary N) is 2. The number of anilines is 1. The SMILES string of the molecule is C=CC(=O)NC1CC2CN(S(=O)(=O)Cc3ccc(NC(=O)Cc4ccccc4)cc3)CC2O1. The van der Waals surface area contributed by atoms with E-state index in [4.69, 9.17) is 4.74 Å². The molecule has 2 amide bonds. The first-order valence-electron chi connectivity index (χ1n) is 10.8. The summed E-state index contributed by atoms with van der Waals surface area (Å²) in [7, 11) is -3.51. The molecule has 33 heavy (non-hydrogen) atoms. The van der Waals surface area contributed by atoms with Crippen LogP contribution in [0.5, 0.6) is 0 Å². The van der Waals surface area contributed by atoms with Crippen molar-refractivity contribution in [3.8, 4) is 0 Å². The van der Waals surface area contributed by atoms with Gasteiger partial charge in [0.1, 0.15) is 6.23 Å². The van der Waals surface area contributed by atoms with Crippen molar-refractivity contribution in [2.45, 2.75) is 30.9 Å². The zero-order valence-corrected chi connectivity index (χ0v) is 19.0. The van der Waals surface area contributed by atoms with Crippen molar-refractivity contribution in [2.75, 3.05) is 18.4 Å².